The molecule has 2 aromatic rings. The Morgan fingerprint density at radius 2 is 2.00 bits per heavy atom. The van der Waals surface area contributed by atoms with Gasteiger partial charge in [0.1, 0.15) is 0 Å². The van der Waals surface area contributed by atoms with Crippen LogP contribution in [0.15, 0.2) is 30.5 Å². The first-order valence-corrected chi connectivity index (χ1v) is 7.11. The lowest BCUT2D eigenvalue weighted by atomic mass is 10.1. The van der Waals surface area contributed by atoms with Crippen molar-refractivity contribution in [2.24, 2.45) is 12.8 Å². The summed E-state index contributed by atoms with van der Waals surface area (Å²) in [4.78, 5) is 14.3. The van der Waals surface area contributed by atoms with E-state index < -0.39 is 0 Å². The molecule has 2 rings (SSSR count). The molecule has 0 aliphatic carbocycles. The number of carbonyl (C=O) groups excluding carboxylic acids is 1. The van der Waals surface area contributed by atoms with Crippen molar-refractivity contribution in [2.45, 2.75) is 26.4 Å². The molecule has 0 aliphatic rings. The maximum atomic E-state index is 12.6. The Morgan fingerprint density at radius 3 is 2.62 bits per heavy atom. The van der Waals surface area contributed by atoms with Gasteiger partial charge in [0, 0.05) is 33.4 Å². The number of nitrogens with two attached hydrogens (primary N) is 1. The van der Waals surface area contributed by atoms with Gasteiger partial charge in [-0.3, -0.25) is 9.48 Å². The van der Waals surface area contributed by atoms with Crippen molar-refractivity contribution in [3.8, 4) is 0 Å². The summed E-state index contributed by atoms with van der Waals surface area (Å²) in [6.07, 6.45) is 2.53. The molecule has 5 heteroatoms. The molecule has 0 saturated heterocycles. The molecule has 0 fully saturated rings. The smallest absolute Gasteiger partial charge is 0.257 e. The molecule has 1 heterocycles. The standard InChI is InChI=1S/C16H22N4O/c1-4-15-14(11-20(3)18-15)16(21)19(2)10-13-8-6-5-7-12(13)9-17/h5-8,11H,4,9-10,17H2,1-3H3. The molecular formula is C16H22N4O. The first-order valence-electron chi connectivity index (χ1n) is 7.11. The van der Waals surface area contributed by atoms with E-state index in [1.807, 2.05) is 45.3 Å². The molecule has 0 aliphatic heterocycles. The van der Waals surface area contributed by atoms with Gasteiger partial charge in [-0.25, -0.2) is 0 Å². The minimum atomic E-state index is -0.00762. The van der Waals surface area contributed by atoms with E-state index in [0.717, 1.165) is 23.2 Å². The number of amides is 1. The molecule has 2 N–H and O–H groups in total. The highest BCUT2D eigenvalue weighted by Gasteiger charge is 2.18. The van der Waals surface area contributed by atoms with Crippen LogP contribution in [0.1, 0.15) is 34.1 Å². The molecule has 21 heavy (non-hydrogen) atoms. The van der Waals surface area contributed by atoms with Gasteiger partial charge in [-0.15, -0.1) is 0 Å². The third-order valence-electron chi connectivity index (χ3n) is 3.56. The van der Waals surface area contributed by atoms with E-state index in [2.05, 4.69) is 5.10 Å². The van der Waals surface area contributed by atoms with E-state index in [0.29, 0.717) is 18.7 Å². The third-order valence-corrected chi connectivity index (χ3v) is 3.56. The summed E-state index contributed by atoms with van der Waals surface area (Å²) in [5.74, 6) is -0.00762. The number of rotatable bonds is 5. The summed E-state index contributed by atoms with van der Waals surface area (Å²) >= 11 is 0. The fourth-order valence-electron chi connectivity index (χ4n) is 2.42. The number of hydrogen-bond donors (Lipinski definition) is 1. The number of benzene rings is 1. The third kappa shape index (κ3) is 3.31. The molecule has 1 amide bonds. The van der Waals surface area contributed by atoms with Crippen LogP contribution in [0.2, 0.25) is 0 Å². The van der Waals surface area contributed by atoms with Gasteiger partial charge in [-0.1, -0.05) is 31.2 Å². The van der Waals surface area contributed by atoms with Crippen LogP contribution in [0.25, 0.3) is 0 Å². The van der Waals surface area contributed by atoms with Crippen molar-refractivity contribution in [1.82, 2.24) is 14.7 Å². The van der Waals surface area contributed by atoms with Gasteiger partial charge in [-0.2, -0.15) is 5.10 Å². The molecule has 0 bridgehead atoms. The predicted octanol–water partition coefficient (Wildman–Crippen LogP) is 1.71. The predicted molar refractivity (Wildman–Crippen MR) is 82.7 cm³/mol. The molecule has 0 saturated carbocycles. The first-order chi connectivity index (χ1) is 10.1. The second-order valence-corrected chi connectivity index (χ2v) is 5.15. The topological polar surface area (TPSA) is 64.2 Å². The minimum Gasteiger partial charge on any atom is -0.337 e. The number of hydrogen-bond acceptors (Lipinski definition) is 3. The summed E-state index contributed by atoms with van der Waals surface area (Å²) in [5.41, 5.74) is 9.40. The summed E-state index contributed by atoms with van der Waals surface area (Å²) < 4.78 is 1.69. The monoisotopic (exact) mass is 286 g/mol. The zero-order chi connectivity index (χ0) is 15.4. The van der Waals surface area contributed by atoms with Crippen LogP contribution in [0.3, 0.4) is 0 Å². The van der Waals surface area contributed by atoms with E-state index in [4.69, 9.17) is 5.73 Å². The molecule has 5 nitrogen and oxygen atoms in total. The summed E-state index contributed by atoms with van der Waals surface area (Å²) in [6, 6.07) is 7.93. The zero-order valence-electron chi connectivity index (χ0n) is 12.8. The zero-order valence-corrected chi connectivity index (χ0v) is 12.8. The van der Waals surface area contributed by atoms with E-state index >= 15 is 0 Å². The Kier molecular flexibility index (Phi) is 4.75. The van der Waals surface area contributed by atoms with Gasteiger partial charge in [0.2, 0.25) is 0 Å². The summed E-state index contributed by atoms with van der Waals surface area (Å²) in [5, 5.41) is 4.32. The first kappa shape index (κ1) is 15.3. The molecule has 0 atom stereocenters. The fourth-order valence-corrected chi connectivity index (χ4v) is 2.42. The SMILES string of the molecule is CCc1nn(C)cc1C(=O)N(C)Cc1ccccc1CN. The van der Waals surface area contributed by atoms with Crippen LogP contribution in [0.4, 0.5) is 0 Å². The van der Waals surface area contributed by atoms with Gasteiger partial charge in [0.15, 0.2) is 0 Å². The molecule has 0 spiro atoms. The molecule has 1 aromatic heterocycles. The van der Waals surface area contributed by atoms with E-state index in [1.54, 1.807) is 15.8 Å². The van der Waals surface area contributed by atoms with Crippen molar-refractivity contribution in [3.05, 3.63) is 52.8 Å². The van der Waals surface area contributed by atoms with Gasteiger partial charge in [0.25, 0.3) is 5.91 Å². The Morgan fingerprint density at radius 1 is 1.33 bits per heavy atom. The number of aromatic nitrogens is 2. The maximum absolute atomic E-state index is 12.6. The van der Waals surface area contributed by atoms with Crippen LogP contribution < -0.4 is 5.73 Å². The average molecular weight is 286 g/mol. The molecule has 0 unspecified atom stereocenters. The van der Waals surface area contributed by atoms with Gasteiger partial charge >= 0.3 is 0 Å². The fraction of sp³-hybridized carbons (Fsp3) is 0.375. The van der Waals surface area contributed by atoms with Crippen molar-refractivity contribution >= 4 is 5.91 Å². The maximum Gasteiger partial charge on any atom is 0.257 e. The highest BCUT2D eigenvalue weighted by Crippen LogP contribution is 2.14. The van der Waals surface area contributed by atoms with Crippen LogP contribution in [-0.4, -0.2) is 27.6 Å². The lowest BCUT2D eigenvalue weighted by Gasteiger charge is -2.19. The van der Waals surface area contributed by atoms with E-state index in [9.17, 15) is 4.79 Å². The van der Waals surface area contributed by atoms with Gasteiger partial charge in [-0.05, 0) is 17.5 Å². The van der Waals surface area contributed by atoms with E-state index in [-0.39, 0.29) is 5.91 Å². The number of nitrogens with zero attached hydrogens (tertiary/aromatic N) is 3. The lowest BCUT2D eigenvalue weighted by Crippen LogP contribution is -2.27. The van der Waals surface area contributed by atoms with Crippen LogP contribution in [-0.2, 0) is 26.6 Å². The van der Waals surface area contributed by atoms with Gasteiger partial charge in [0.05, 0.1) is 11.3 Å². The Hall–Kier alpha value is -2.14. The average Bonchev–Trinajstić information content (AvgIpc) is 2.88. The lowest BCUT2D eigenvalue weighted by molar-refractivity contribution is 0.0783. The molecule has 1 aromatic carbocycles. The van der Waals surface area contributed by atoms with E-state index in [1.165, 1.54) is 0 Å². The number of aryl methyl sites for hydroxylation is 2. The highest BCUT2D eigenvalue weighted by molar-refractivity contribution is 5.95. The van der Waals surface area contributed by atoms with Crippen molar-refractivity contribution < 1.29 is 4.79 Å². The second-order valence-electron chi connectivity index (χ2n) is 5.15. The van der Waals surface area contributed by atoms with Crippen molar-refractivity contribution in [1.29, 1.82) is 0 Å². The largest absolute Gasteiger partial charge is 0.337 e. The van der Waals surface area contributed by atoms with Crippen molar-refractivity contribution in [3.63, 3.8) is 0 Å². The van der Waals surface area contributed by atoms with Crippen LogP contribution in [0, 0.1) is 0 Å². The molecular weight excluding hydrogens is 264 g/mol. The Labute approximate surface area is 125 Å². The summed E-state index contributed by atoms with van der Waals surface area (Å²) in [7, 11) is 3.64. The molecule has 112 valence electrons. The molecule has 0 radical (unpaired) electrons. The number of carbonyl (C=O) groups is 1. The Bertz CT molecular complexity index is 633. The summed E-state index contributed by atoms with van der Waals surface area (Å²) in [6.45, 7) is 3.03. The quantitative estimate of drug-likeness (QED) is 0.910. The highest BCUT2D eigenvalue weighted by atomic mass is 16.2. The van der Waals surface area contributed by atoms with Crippen LogP contribution in [0.5, 0.6) is 0 Å². The van der Waals surface area contributed by atoms with Gasteiger partial charge < -0.3 is 10.6 Å². The Balaban J connectivity index is 2.19. The second kappa shape index (κ2) is 6.54. The van der Waals surface area contributed by atoms with Crippen molar-refractivity contribution in [2.75, 3.05) is 7.05 Å². The normalized spacial score (nSPS) is 10.7. The van der Waals surface area contributed by atoms with Crippen LogP contribution >= 0.6 is 0 Å². The minimum absolute atomic E-state index is 0.00762.